The van der Waals surface area contributed by atoms with Crippen LogP contribution >= 0.6 is 11.3 Å². The molecule has 0 unspecified atom stereocenters. The van der Waals surface area contributed by atoms with Crippen molar-refractivity contribution in [3.8, 4) is 10.7 Å². The number of nitrogens with two attached hydrogens (primary N) is 1. The van der Waals surface area contributed by atoms with Crippen LogP contribution in [0.5, 0.6) is 0 Å². The molecule has 0 spiro atoms. The number of aromatic nitrogens is 4. The van der Waals surface area contributed by atoms with Gasteiger partial charge in [-0.15, -0.1) is 11.3 Å². The summed E-state index contributed by atoms with van der Waals surface area (Å²) in [6, 6.07) is 10.1. The summed E-state index contributed by atoms with van der Waals surface area (Å²) in [6.45, 7) is 0. The number of nitrogens with one attached hydrogen (secondary N) is 2. The van der Waals surface area contributed by atoms with Crippen LogP contribution in [-0.4, -0.2) is 19.9 Å². The second-order valence-electron chi connectivity index (χ2n) is 4.38. The van der Waals surface area contributed by atoms with E-state index in [4.69, 9.17) is 5.73 Å². The molecule has 0 fully saturated rings. The Morgan fingerprint density at radius 3 is 2.85 bits per heavy atom. The lowest BCUT2D eigenvalue weighted by Gasteiger charge is -1.89. The van der Waals surface area contributed by atoms with Crippen molar-refractivity contribution in [2.45, 2.75) is 0 Å². The van der Waals surface area contributed by atoms with Crippen molar-refractivity contribution in [1.29, 1.82) is 0 Å². The quantitative estimate of drug-likeness (QED) is 0.498. The molecule has 6 nitrogen and oxygen atoms in total. The molecule has 4 N–H and O–H groups in total. The molecule has 98 valence electrons. The predicted octanol–water partition coefficient (Wildman–Crippen LogP) is 2.11. The summed E-state index contributed by atoms with van der Waals surface area (Å²) in [5, 5.41) is 1.15. The number of benzene rings is 1. The molecule has 0 radical (unpaired) electrons. The number of anilines is 1. The van der Waals surface area contributed by atoms with E-state index in [1.807, 2.05) is 24.3 Å². The highest BCUT2D eigenvalue weighted by Crippen LogP contribution is 2.32. The second kappa shape index (κ2) is 3.91. The van der Waals surface area contributed by atoms with Crippen LogP contribution in [0, 0.1) is 0 Å². The highest BCUT2D eigenvalue weighted by atomic mass is 32.1. The smallest absolute Gasteiger partial charge is 0.278 e. The molecule has 0 saturated heterocycles. The summed E-state index contributed by atoms with van der Waals surface area (Å²) >= 11 is 1.61. The normalized spacial score (nSPS) is 11.4. The van der Waals surface area contributed by atoms with E-state index in [-0.39, 0.29) is 11.5 Å². The Kier molecular flexibility index (Phi) is 2.19. The van der Waals surface area contributed by atoms with Gasteiger partial charge in [0.05, 0.1) is 4.88 Å². The Morgan fingerprint density at radius 2 is 2.00 bits per heavy atom. The minimum absolute atomic E-state index is 0.0666. The van der Waals surface area contributed by atoms with Crippen LogP contribution in [0.4, 0.5) is 5.95 Å². The molecule has 7 heteroatoms. The van der Waals surface area contributed by atoms with E-state index >= 15 is 0 Å². The van der Waals surface area contributed by atoms with E-state index in [0.717, 1.165) is 10.3 Å². The summed E-state index contributed by atoms with van der Waals surface area (Å²) in [5.41, 5.74) is 5.87. The fourth-order valence-corrected chi connectivity index (χ4v) is 3.15. The number of H-pyrrole nitrogens is 2. The number of hydrogen-bond acceptors (Lipinski definition) is 5. The topological polar surface area (TPSA) is 100 Å². The maximum Gasteiger partial charge on any atom is 0.278 e. The van der Waals surface area contributed by atoms with E-state index in [9.17, 15) is 4.79 Å². The zero-order chi connectivity index (χ0) is 13.7. The summed E-state index contributed by atoms with van der Waals surface area (Å²) in [7, 11) is 0. The Hall–Kier alpha value is -2.67. The number of imidazole rings is 1. The van der Waals surface area contributed by atoms with Gasteiger partial charge in [-0.1, -0.05) is 18.2 Å². The second-order valence-corrected chi connectivity index (χ2v) is 5.47. The molecule has 0 aliphatic heterocycles. The highest BCUT2D eigenvalue weighted by molar-refractivity contribution is 7.22. The average molecular weight is 283 g/mol. The standard InChI is InChI=1S/C13H9N5OS/c14-13-17-11-9(12(19)18-13)15-10(16-11)8-5-6-3-1-2-4-7(6)20-8/h1-5H,(H4,14,15,16,17,18,19). The van der Waals surface area contributed by atoms with Crippen LogP contribution in [0.25, 0.3) is 32.0 Å². The van der Waals surface area contributed by atoms with Crippen LogP contribution in [0.1, 0.15) is 0 Å². The lowest BCUT2D eigenvalue weighted by atomic mass is 10.2. The largest absolute Gasteiger partial charge is 0.369 e. The average Bonchev–Trinajstić information content (AvgIpc) is 3.01. The molecular formula is C13H9N5OS. The van der Waals surface area contributed by atoms with Crippen LogP contribution in [0.15, 0.2) is 35.1 Å². The Morgan fingerprint density at radius 1 is 1.15 bits per heavy atom. The molecule has 4 rings (SSSR count). The van der Waals surface area contributed by atoms with Crippen molar-refractivity contribution in [3.63, 3.8) is 0 Å². The fourth-order valence-electron chi connectivity index (χ4n) is 2.14. The minimum atomic E-state index is -0.313. The van der Waals surface area contributed by atoms with Gasteiger partial charge in [-0.2, -0.15) is 4.98 Å². The first-order chi connectivity index (χ1) is 9.70. The number of nitrogens with zero attached hydrogens (tertiary/aromatic N) is 2. The van der Waals surface area contributed by atoms with Gasteiger partial charge in [-0.05, 0) is 17.5 Å². The molecule has 0 amide bonds. The van der Waals surface area contributed by atoms with Crippen molar-refractivity contribution in [3.05, 3.63) is 40.7 Å². The number of hydrogen-bond donors (Lipinski definition) is 3. The lowest BCUT2D eigenvalue weighted by molar-refractivity contribution is 1.17. The molecule has 0 bridgehead atoms. The highest BCUT2D eigenvalue weighted by Gasteiger charge is 2.12. The van der Waals surface area contributed by atoms with E-state index in [0.29, 0.717) is 17.0 Å². The lowest BCUT2D eigenvalue weighted by Crippen LogP contribution is -2.10. The van der Waals surface area contributed by atoms with Crippen molar-refractivity contribution < 1.29 is 0 Å². The van der Waals surface area contributed by atoms with Gasteiger partial charge in [0.15, 0.2) is 17.0 Å². The van der Waals surface area contributed by atoms with Crippen LogP contribution in [0.3, 0.4) is 0 Å². The molecule has 3 aromatic heterocycles. The maximum absolute atomic E-state index is 11.8. The van der Waals surface area contributed by atoms with Gasteiger partial charge in [0.2, 0.25) is 5.95 Å². The van der Waals surface area contributed by atoms with E-state index in [1.165, 1.54) is 4.70 Å². The first-order valence-corrected chi connectivity index (χ1v) is 6.77. The Balaban J connectivity index is 1.97. The monoisotopic (exact) mass is 283 g/mol. The van der Waals surface area contributed by atoms with Gasteiger partial charge in [-0.3, -0.25) is 9.78 Å². The number of nitrogen functional groups attached to an aromatic ring is 1. The van der Waals surface area contributed by atoms with E-state index in [1.54, 1.807) is 11.3 Å². The molecule has 20 heavy (non-hydrogen) atoms. The molecule has 3 heterocycles. The van der Waals surface area contributed by atoms with Gasteiger partial charge < -0.3 is 10.7 Å². The van der Waals surface area contributed by atoms with Gasteiger partial charge in [-0.25, -0.2) is 4.98 Å². The number of fused-ring (bicyclic) bond motifs is 2. The van der Waals surface area contributed by atoms with Crippen molar-refractivity contribution in [2.75, 3.05) is 5.73 Å². The maximum atomic E-state index is 11.8. The first kappa shape index (κ1) is 11.2. The number of thiophene rings is 1. The van der Waals surface area contributed by atoms with Crippen molar-refractivity contribution >= 4 is 38.5 Å². The van der Waals surface area contributed by atoms with Gasteiger partial charge in [0, 0.05) is 4.70 Å². The van der Waals surface area contributed by atoms with E-state index < -0.39 is 0 Å². The third-order valence-corrected chi connectivity index (χ3v) is 4.16. The Labute approximate surface area is 116 Å². The summed E-state index contributed by atoms with van der Waals surface area (Å²) in [6.07, 6.45) is 0. The van der Waals surface area contributed by atoms with Crippen LogP contribution < -0.4 is 11.3 Å². The third kappa shape index (κ3) is 1.60. The zero-order valence-corrected chi connectivity index (χ0v) is 11.0. The number of aromatic amines is 2. The zero-order valence-electron chi connectivity index (χ0n) is 10.2. The molecular weight excluding hydrogens is 274 g/mol. The first-order valence-electron chi connectivity index (χ1n) is 5.95. The number of rotatable bonds is 1. The molecule has 4 aromatic rings. The van der Waals surface area contributed by atoms with E-state index in [2.05, 4.69) is 26.0 Å². The van der Waals surface area contributed by atoms with Crippen molar-refractivity contribution in [1.82, 2.24) is 19.9 Å². The Bertz CT molecular complexity index is 964. The summed E-state index contributed by atoms with van der Waals surface area (Å²) in [4.78, 5) is 26.6. The molecule has 0 atom stereocenters. The molecule has 0 aliphatic carbocycles. The SMILES string of the molecule is Nc1nc2nc(-c3cc4ccccc4s3)[nH]c2c(=O)[nH]1. The van der Waals surface area contributed by atoms with Crippen LogP contribution in [0.2, 0.25) is 0 Å². The minimum Gasteiger partial charge on any atom is -0.369 e. The fraction of sp³-hybridized carbons (Fsp3) is 0. The predicted molar refractivity (Wildman–Crippen MR) is 79.7 cm³/mol. The summed E-state index contributed by atoms with van der Waals surface area (Å²) < 4.78 is 1.17. The van der Waals surface area contributed by atoms with Crippen molar-refractivity contribution in [2.24, 2.45) is 0 Å². The van der Waals surface area contributed by atoms with Gasteiger partial charge >= 0.3 is 0 Å². The van der Waals surface area contributed by atoms with Gasteiger partial charge in [0.1, 0.15) is 0 Å². The van der Waals surface area contributed by atoms with Crippen LogP contribution in [-0.2, 0) is 0 Å². The molecule has 1 aromatic carbocycles. The summed E-state index contributed by atoms with van der Waals surface area (Å²) in [5.74, 6) is 0.696. The molecule has 0 aliphatic rings. The third-order valence-electron chi connectivity index (χ3n) is 3.04. The molecule has 0 saturated carbocycles. The van der Waals surface area contributed by atoms with Gasteiger partial charge in [0.25, 0.3) is 5.56 Å².